The SMILES string of the molecule is CC(C)c1ncc(Nc2cncnc2)c(C(=O)O)n1. The predicted molar refractivity (Wildman–Crippen MR) is 68.4 cm³/mol. The van der Waals surface area contributed by atoms with E-state index in [4.69, 9.17) is 0 Å². The van der Waals surface area contributed by atoms with Gasteiger partial charge in [-0.2, -0.15) is 0 Å². The predicted octanol–water partition coefficient (Wildman–Crippen LogP) is 1.83. The average molecular weight is 259 g/mol. The molecule has 0 unspecified atom stereocenters. The summed E-state index contributed by atoms with van der Waals surface area (Å²) >= 11 is 0. The standard InChI is InChI=1S/C12H13N5O2/c1-7(2)11-15-5-9(10(17-11)12(18)19)16-8-3-13-6-14-4-8/h3-7,16H,1-2H3,(H,18,19). The lowest BCUT2D eigenvalue weighted by Crippen LogP contribution is -2.10. The fourth-order valence-corrected chi connectivity index (χ4v) is 1.45. The number of hydrogen-bond donors (Lipinski definition) is 2. The van der Waals surface area contributed by atoms with Gasteiger partial charge in [-0.05, 0) is 0 Å². The van der Waals surface area contributed by atoms with Crippen LogP contribution in [0.25, 0.3) is 0 Å². The monoisotopic (exact) mass is 259 g/mol. The Morgan fingerprint density at radius 2 is 1.95 bits per heavy atom. The number of aromatic carboxylic acids is 1. The third-order valence-electron chi connectivity index (χ3n) is 2.37. The second kappa shape index (κ2) is 5.38. The van der Waals surface area contributed by atoms with E-state index in [1.165, 1.54) is 24.9 Å². The molecule has 0 atom stereocenters. The number of anilines is 2. The summed E-state index contributed by atoms with van der Waals surface area (Å²) in [5.74, 6) is -0.553. The quantitative estimate of drug-likeness (QED) is 0.863. The van der Waals surface area contributed by atoms with Crippen LogP contribution in [0.4, 0.5) is 11.4 Å². The van der Waals surface area contributed by atoms with E-state index in [1.807, 2.05) is 13.8 Å². The lowest BCUT2D eigenvalue weighted by Gasteiger charge is -2.10. The third-order valence-corrected chi connectivity index (χ3v) is 2.37. The van der Waals surface area contributed by atoms with Gasteiger partial charge in [0.15, 0.2) is 5.69 Å². The van der Waals surface area contributed by atoms with Crippen LogP contribution in [0.1, 0.15) is 36.1 Å². The van der Waals surface area contributed by atoms with E-state index in [0.29, 0.717) is 17.2 Å². The summed E-state index contributed by atoms with van der Waals surface area (Å²) in [7, 11) is 0. The summed E-state index contributed by atoms with van der Waals surface area (Å²) in [5, 5.41) is 12.1. The molecule has 0 bridgehead atoms. The Bertz CT molecular complexity index is 586. The van der Waals surface area contributed by atoms with Gasteiger partial charge in [-0.3, -0.25) is 0 Å². The van der Waals surface area contributed by atoms with Gasteiger partial charge in [-0.25, -0.2) is 24.7 Å². The van der Waals surface area contributed by atoms with Gasteiger partial charge in [0.2, 0.25) is 0 Å². The van der Waals surface area contributed by atoms with E-state index >= 15 is 0 Å². The molecule has 0 aliphatic carbocycles. The molecule has 0 aromatic carbocycles. The maximum Gasteiger partial charge on any atom is 0.356 e. The lowest BCUT2D eigenvalue weighted by atomic mass is 10.2. The van der Waals surface area contributed by atoms with E-state index in [0.717, 1.165) is 0 Å². The molecule has 2 rings (SSSR count). The summed E-state index contributed by atoms with van der Waals surface area (Å²) in [6, 6.07) is 0. The summed E-state index contributed by atoms with van der Waals surface area (Å²) in [4.78, 5) is 27.1. The normalized spacial score (nSPS) is 10.5. The van der Waals surface area contributed by atoms with Gasteiger partial charge in [-0.15, -0.1) is 0 Å². The zero-order chi connectivity index (χ0) is 13.8. The number of hydrogen-bond acceptors (Lipinski definition) is 6. The second-order valence-corrected chi connectivity index (χ2v) is 4.20. The molecule has 2 heterocycles. The van der Waals surface area contributed by atoms with Crippen LogP contribution >= 0.6 is 0 Å². The van der Waals surface area contributed by atoms with Crippen molar-refractivity contribution < 1.29 is 9.90 Å². The minimum atomic E-state index is -1.11. The molecule has 2 aromatic heterocycles. The first-order valence-corrected chi connectivity index (χ1v) is 5.70. The van der Waals surface area contributed by atoms with E-state index in [2.05, 4.69) is 25.3 Å². The van der Waals surface area contributed by atoms with Crippen molar-refractivity contribution in [1.82, 2.24) is 19.9 Å². The zero-order valence-corrected chi connectivity index (χ0v) is 10.5. The molecule has 7 nitrogen and oxygen atoms in total. The van der Waals surface area contributed by atoms with Gasteiger partial charge >= 0.3 is 5.97 Å². The molecule has 7 heteroatoms. The third kappa shape index (κ3) is 3.01. The molecule has 0 spiro atoms. The van der Waals surface area contributed by atoms with Crippen molar-refractivity contribution in [3.8, 4) is 0 Å². The summed E-state index contributed by atoms with van der Waals surface area (Å²) in [5.41, 5.74) is 0.820. The molecule has 0 aliphatic heterocycles. The van der Waals surface area contributed by atoms with Crippen molar-refractivity contribution in [2.45, 2.75) is 19.8 Å². The van der Waals surface area contributed by atoms with E-state index in [-0.39, 0.29) is 11.6 Å². The topological polar surface area (TPSA) is 101 Å². The molecule has 0 fully saturated rings. The number of nitrogens with one attached hydrogen (secondary N) is 1. The minimum absolute atomic E-state index is 0.0622. The van der Waals surface area contributed by atoms with Crippen molar-refractivity contribution >= 4 is 17.3 Å². The second-order valence-electron chi connectivity index (χ2n) is 4.20. The highest BCUT2D eigenvalue weighted by atomic mass is 16.4. The Kier molecular flexibility index (Phi) is 3.65. The minimum Gasteiger partial charge on any atom is -0.476 e. The molecule has 98 valence electrons. The molecule has 19 heavy (non-hydrogen) atoms. The highest BCUT2D eigenvalue weighted by molar-refractivity contribution is 5.92. The number of rotatable bonds is 4. The lowest BCUT2D eigenvalue weighted by molar-refractivity contribution is 0.0691. The van der Waals surface area contributed by atoms with Crippen LogP contribution in [-0.4, -0.2) is 31.0 Å². The number of carboxylic acid groups (broad SMARTS) is 1. The Labute approximate surface area is 109 Å². The van der Waals surface area contributed by atoms with Crippen molar-refractivity contribution in [3.63, 3.8) is 0 Å². The Morgan fingerprint density at radius 1 is 1.26 bits per heavy atom. The molecule has 0 radical (unpaired) electrons. The van der Waals surface area contributed by atoms with Gasteiger partial charge in [0, 0.05) is 5.92 Å². The van der Waals surface area contributed by atoms with Crippen LogP contribution in [0.2, 0.25) is 0 Å². The maximum atomic E-state index is 11.2. The fraction of sp³-hybridized carbons (Fsp3) is 0.250. The van der Waals surface area contributed by atoms with Crippen LogP contribution < -0.4 is 5.32 Å². The highest BCUT2D eigenvalue weighted by Gasteiger charge is 2.15. The summed E-state index contributed by atoms with van der Waals surface area (Å²) < 4.78 is 0. The van der Waals surface area contributed by atoms with Gasteiger partial charge in [0.05, 0.1) is 30.0 Å². The fourth-order valence-electron chi connectivity index (χ4n) is 1.45. The number of aromatic nitrogens is 4. The first kappa shape index (κ1) is 12.9. The van der Waals surface area contributed by atoms with Crippen LogP contribution in [0.15, 0.2) is 24.9 Å². The summed E-state index contributed by atoms with van der Waals surface area (Å²) in [6.45, 7) is 3.80. The number of carboxylic acids is 1. The zero-order valence-electron chi connectivity index (χ0n) is 10.5. The Morgan fingerprint density at radius 3 is 2.53 bits per heavy atom. The van der Waals surface area contributed by atoms with Gasteiger partial charge in [0.1, 0.15) is 12.2 Å². The first-order chi connectivity index (χ1) is 9.08. The van der Waals surface area contributed by atoms with Crippen molar-refractivity contribution in [2.24, 2.45) is 0 Å². The van der Waals surface area contributed by atoms with Crippen molar-refractivity contribution in [2.75, 3.05) is 5.32 Å². The maximum absolute atomic E-state index is 11.2. The largest absolute Gasteiger partial charge is 0.476 e. The van der Waals surface area contributed by atoms with Crippen LogP contribution in [0, 0.1) is 0 Å². The summed E-state index contributed by atoms with van der Waals surface area (Å²) in [6.07, 6.45) is 5.92. The Balaban J connectivity index is 2.37. The van der Waals surface area contributed by atoms with Crippen molar-refractivity contribution in [1.29, 1.82) is 0 Å². The van der Waals surface area contributed by atoms with Crippen LogP contribution in [0.3, 0.4) is 0 Å². The number of carbonyl (C=O) groups is 1. The smallest absolute Gasteiger partial charge is 0.356 e. The Hall–Kier alpha value is -2.57. The number of nitrogens with zero attached hydrogens (tertiary/aromatic N) is 4. The van der Waals surface area contributed by atoms with Crippen molar-refractivity contribution in [3.05, 3.63) is 36.4 Å². The van der Waals surface area contributed by atoms with Crippen LogP contribution in [-0.2, 0) is 0 Å². The molecule has 0 aliphatic rings. The molecular weight excluding hydrogens is 246 g/mol. The van der Waals surface area contributed by atoms with Gasteiger partial charge in [0.25, 0.3) is 0 Å². The average Bonchev–Trinajstić information content (AvgIpc) is 2.39. The van der Waals surface area contributed by atoms with E-state index in [9.17, 15) is 9.90 Å². The van der Waals surface area contributed by atoms with Gasteiger partial charge in [-0.1, -0.05) is 13.8 Å². The molecule has 0 saturated heterocycles. The van der Waals surface area contributed by atoms with E-state index < -0.39 is 5.97 Å². The highest BCUT2D eigenvalue weighted by Crippen LogP contribution is 2.19. The molecule has 0 amide bonds. The molecule has 2 N–H and O–H groups in total. The van der Waals surface area contributed by atoms with Crippen LogP contribution in [0.5, 0.6) is 0 Å². The molecule has 0 saturated carbocycles. The van der Waals surface area contributed by atoms with E-state index in [1.54, 1.807) is 0 Å². The first-order valence-electron chi connectivity index (χ1n) is 5.70. The van der Waals surface area contributed by atoms with Gasteiger partial charge < -0.3 is 10.4 Å². The molecule has 2 aromatic rings. The molecular formula is C12H13N5O2.